The van der Waals surface area contributed by atoms with Gasteiger partial charge in [-0.3, -0.25) is 14.3 Å². The van der Waals surface area contributed by atoms with E-state index >= 15 is 0 Å². The molecule has 1 aromatic heterocycles. The zero-order valence-corrected chi connectivity index (χ0v) is 19.2. The largest absolute Gasteiger partial charge is 0.334 e. The predicted molar refractivity (Wildman–Crippen MR) is 119 cm³/mol. The lowest BCUT2D eigenvalue weighted by Gasteiger charge is -2.39. The van der Waals surface area contributed by atoms with Gasteiger partial charge in [-0.05, 0) is 41.7 Å². The van der Waals surface area contributed by atoms with Gasteiger partial charge in [-0.25, -0.2) is 0 Å². The third-order valence-corrected chi connectivity index (χ3v) is 7.45. The molecule has 2 fully saturated rings. The highest BCUT2D eigenvalue weighted by Crippen LogP contribution is 2.52. The van der Waals surface area contributed by atoms with E-state index in [4.69, 9.17) is 11.6 Å². The van der Waals surface area contributed by atoms with Gasteiger partial charge in [-0.2, -0.15) is 5.10 Å². The highest BCUT2D eigenvalue weighted by molar-refractivity contribution is 6.31. The molecule has 1 aliphatic carbocycles. The lowest BCUT2D eigenvalue weighted by atomic mass is 9.65. The highest BCUT2D eigenvalue weighted by Gasteiger charge is 2.51. The Kier molecular flexibility index (Phi) is 4.70. The van der Waals surface area contributed by atoms with E-state index in [1.165, 1.54) is 0 Å². The van der Waals surface area contributed by atoms with Crippen LogP contribution in [0.2, 0.25) is 5.02 Å². The minimum absolute atomic E-state index is 0.0428. The second kappa shape index (κ2) is 7.09. The number of benzene rings is 1. The highest BCUT2D eigenvalue weighted by atomic mass is 35.5. The Morgan fingerprint density at radius 3 is 2.74 bits per heavy atom. The Hall–Kier alpha value is -2.34. The number of hydrogen-bond acceptors (Lipinski definition) is 3. The molecule has 0 unspecified atom stereocenters. The molecular formula is C24H29ClN4O2. The molecule has 0 radical (unpaired) electrons. The lowest BCUT2D eigenvalue weighted by Crippen LogP contribution is -2.39. The maximum atomic E-state index is 13.4. The van der Waals surface area contributed by atoms with Crippen LogP contribution in [0.25, 0.3) is 0 Å². The van der Waals surface area contributed by atoms with E-state index in [0.717, 1.165) is 31.4 Å². The van der Waals surface area contributed by atoms with Crippen LogP contribution in [0.4, 0.5) is 0 Å². The van der Waals surface area contributed by atoms with Crippen LogP contribution in [0.5, 0.6) is 0 Å². The maximum Gasteiger partial charge on any atom is 0.274 e. The van der Waals surface area contributed by atoms with Crippen molar-refractivity contribution >= 4 is 23.4 Å². The van der Waals surface area contributed by atoms with Crippen molar-refractivity contribution in [2.75, 3.05) is 13.1 Å². The van der Waals surface area contributed by atoms with E-state index in [-0.39, 0.29) is 28.7 Å². The summed E-state index contributed by atoms with van der Waals surface area (Å²) >= 11 is 6.28. The van der Waals surface area contributed by atoms with Gasteiger partial charge in [0.2, 0.25) is 0 Å². The molecule has 1 saturated heterocycles. The van der Waals surface area contributed by atoms with Crippen molar-refractivity contribution in [2.45, 2.75) is 59.2 Å². The summed E-state index contributed by atoms with van der Waals surface area (Å²) in [6, 6.07) is 9.51. The van der Waals surface area contributed by atoms with E-state index in [1.54, 1.807) is 15.6 Å². The smallest absolute Gasteiger partial charge is 0.274 e. The molecule has 2 amide bonds. The molecule has 3 aliphatic rings. The SMILES string of the molecule is CC1(C)C[C@H]2C[C@@](C)(CN2C(=O)c2cc3n(n2)CCN(Cc2ccccc2Cl)C3=O)C1. The van der Waals surface area contributed by atoms with Crippen LogP contribution >= 0.6 is 11.6 Å². The summed E-state index contributed by atoms with van der Waals surface area (Å²) in [5, 5.41) is 5.18. The molecule has 164 valence electrons. The first-order valence-electron chi connectivity index (χ1n) is 11.1. The minimum atomic E-state index is -0.106. The van der Waals surface area contributed by atoms with Crippen molar-refractivity contribution < 1.29 is 9.59 Å². The van der Waals surface area contributed by atoms with Gasteiger partial charge in [0.1, 0.15) is 5.69 Å². The summed E-state index contributed by atoms with van der Waals surface area (Å²) in [5.74, 6) is -0.148. The summed E-state index contributed by atoms with van der Waals surface area (Å²) in [5.41, 5.74) is 2.20. The Labute approximate surface area is 188 Å². The summed E-state index contributed by atoms with van der Waals surface area (Å²) in [7, 11) is 0. The number of carbonyl (C=O) groups excluding carboxylic acids is 2. The maximum absolute atomic E-state index is 13.4. The average Bonchev–Trinajstić information content (AvgIpc) is 3.23. The van der Waals surface area contributed by atoms with Crippen LogP contribution < -0.4 is 0 Å². The monoisotopic (exact) mass is 440 g/mol. The van der Waals surface area contributed by atoms with Crippen LogP contribution in [0.1, 0.15) is 66.6 Å². The topological polar surface area (TPSA) is 58.4 Å². The summed E-state index contributed by atoms with van der Waals surface area (Å²) in [6.07, 6.45) is 3.21. The fraction of sp³-hybridized carbons (Fsp3) is 0.542. The second-order valence-electron chi connectivity index (χ2n) is 10.6. The summed E-state index contributed by atoms with van der Waals surface area (Å²) in [4.78, 5) is 30.3. The van der Waals surface area contributed by atoms with Crippen LogP contribution in [0.15, 0.2) is 30.3 Å². The van der Waals surface area contributed by atoms with Crippen molar-refractivity contribution in [3.63, 3.8) is 0 Å². The van der Waals surface area contributed by atoms with E-state index in [2.05, 4.69) is 25.9 Å². The molecule has 2 aromatic rings. The molecule has 6 nitrogen and oxygen atoms in total. The van der Waals surface area contributed by atoms with E-state index < -0.39 is 0 Å². The molecule has 2 aliphatic heterocycles. The third kappa shape index (κ3) is 3.65. The Morgan fingerprint density at radius 1 is 1.19 bits per heavy atom. The van der Waals surface area contributed by atoms with Crippen molar-refractivity contribution in [3.8, 4) is 0 Å². The zero-order valence-electron chi connectivity index (χ0n) is 18.4. The van der Waals surface area contributed by atoms with Gasteiger partial charge < -0.3 is 9.80 Å². The van der Waals surface area contributed by atoms with Gasteiger partial charge in [-0.1, -0.05) is 50.6 Å². The number of carbonyl (C=O) groups is 2. The van der Waals surface area contributed by atoms with Crippen molar-refractivity contribution in [1.29, 1.82) is 0 Å². The van der Waals surface area contributed by atoms with Crippen LogP contribution in [-0.2, 0) is 13.1 Å². The number of fused-ring (bicyclic) bond motifs is 3. The molecule has 7 heteroatoms. The predicted octanol–water partition coefficient (Wildman–Crippen LogP) is 4.23. The fourth-order valence-corrected chi connectivity index (χ4v) is 6.37. The molecule has 0 N–H and O–H groups in total. The molecule has 1 aromatic carbocycles. The molecule has 2 atom stereocenters. The first-order valence-corrected chi connectivity index (χ1v) is 11.4. The number of likely N-dealkylation sites (tertiary alicyclic amines) is 1. The van der Waals surface area contributed by atoms with Gasteiger partial charge in [0.05, 0.1) is 6.54 Å². The van der Waals surface area contributed by atoms with E-state index in [0.29, 0.717) is 36.0 Å². The summed E-state index contributed by atoms with van der Waals surface area (Å²) < 4.78 is 1.69. The summed E-state index contributed by atoms with van der Waals surface area (Å²) in [6.45, 7) is 9.24. The Bertz CT molecular complexity index is 1060. The third-order valence-electron chi connectivity index (χ3n) is 7.08. The van der Waals surface area contributed by atoms with Crippen LogP contribution in [0.3, 0.4) is 0 Å². The number of aromatic nitrogens is 2. The number of hydrogen-bond donors (Lipinski definition) is 0. The number of halogens is 1. The lowest BCUT2D eigenvalue weighted by molar-refractivity contribution is 0.0675. The second-order valence-corrected chi connectivity index (χ2v) is 11.0. The van der Waals surface area contributed by atoms with Gasteiger partial charge in [0, 0.05) is 36.8 Å². The normalized spacial score (nSPS) is 26.8. The van der Waals surface area contributed by atoms with Gasteiger partial charge >= 0.3 is 0 Å². The molecule has 31 heavy (non-hydrogen) atoms. The van der Waals surface area contributed by atoms with Crippen molar-refractivity contribution in [1.82, 2.24) is 19.6 Å². The first-order chi connectivity index (χ1) is 14.6. The molecule has 5 rings (SSSR count). The van der Waals surface area contributed by atoms with Gasteiger partial charge in [0.25, 0.3) is 11.8 Å². The Balaban J connectivity index is 1.36. The van der Waals surface area contributed by atoms with E-state index in [1.807, 2.05) is 29.2 Å². The minimum Gasteiger partial charge on any atom is -0.334 e. The van der Waals surface area contributed by atoms with Gasteiger partial charge in [-0.15, -0.1) is 0 Å². The zero-order chi connectivity index (χ0) is 22.0. The van der Waals surface area contributed by atoms with E-state index in [9.17, 15) is 9.59 Å². The quantitative estimate of drug-likeness (QED) is 0.717. The fourth-order valence-electron chi connectivity index (χ4n) is 6.17. The van der Waals surface area contributed by atoms with Crippen LogP contribution in [-0.4, -0.2) is 50.5 Å². The molecule has 2 bridgehead atoms. The molecule has 0 spiro atoms. The number of nitrogens with zero attached hydrogens (tertiary/aromatic N) is 4. The standard InChI is InChI=1S/C24H29ClN4O2/c1-23(2)11-17-12-24(3,14-23)15-28(17)21(30)19-10-20-22(31)27(8-9-29(20)26-19)13-16-6-4-5-7-18(16)25/h4-7,10,17H,8-9,11-15H2,1-3H3/t17-,24+/m0/s1. The van der Waals surface area contributed by atoms with Crippen molar-refractivity contribution in [2.24, 2.45) is 10.8 Å². The van der Waals surface area contributed by atoms with Crippen LogP contribution in [0, 0.1) is 10.8 Å². The molecule has 3 heterocycles. The molecular weight excluding hydrogens is 412 g/mol. The molecule has 1 saturated carbocycles. The van der Waals surface area contributed by atoms with Crippen molar-refractivity contribution in [3.05, 3.63) is 52.3 Å². The number of rotatable bonds is 3. The number of amides is 2. The Morgan fingerprint density at radius 2 is 1.97 bits per heavy atom. The average molecular weight is 441 g/mol. The first kappa shape index (κ1) is 20.6. The van der Waals surface area contributed by atoms with Gasteiger partial charge in [0.15, 0.2) is 5.69 Å².